The first-order chi connectivity index (χ1) is 25.0. The van der Waals surface area contributed by atoms with E-state index in [0.717, 1.165) is 57.8 Å². The largest absolute Gasteiger partial charge is 0.466 e. The van der Waals surface area contributed by atoms with Crippen molar-refractivity contribution in [1.29, 1.82) is 0 Å². The van der Waals surface area contributed by atoms with Crippen LogP contribution in [0.5, 0.6) is 0 Å². The van der Waals surface area contributed by atoms with Crippen LogP contribution in [-0.2, 0) is 14.3 Å². The molecule has 0 radical (unpaired) electrons. The highest BCUT2D eigenvalue weighted by atomic mass is 16.5. The van der Waals surface area contributed by atoms with Crippen LogP contribution in [0.15, 0.2) is 0 Å². The molecule has 2 atom stereocenters. The highest BCUT2D eigenvalue weighted by Gasteiger charge is 2.20. The summed E-state index contributed by atoms with van der Waals surface area (Å²) in [7, 11) is 0. The van der Waals surface area contributed by atoms with Crippen molar-refractivity contribution in [3.8, 4) is 0 Å². The molecule has 0 fully saturated rings. The zero-order chi connectivity index (χ0) is 37.3. The van der Waals surface area contributed by atoms with E-state index in [1.807, 2.05) is 0 Å². The molecular formula is C45H89NO5. The molecule has 0 aromatic carbocycles. The van der Waals surface area contributed by atoms with E-state index in [9.17, 15) is 19.8 Å². The van der Waals surface area contributed by atoms with Gasteiger partial charge in [0.2, 0.25) is 5.91 Å². The lowest BCUT2D eigenvalue weighted by atomic mass is 10.0. The molecule has 0 saturated carbocycles. The summed E-state index contributed by atoms with van der Waals surface area (Å²) in [4.78, 5) is 24.4. The Kier molecular flexibility index (Phi) is 40.7. The number of amides is 1. The van der Waals surface area contributed by atoms with Gasteiger partial charge in [0.15, 0.2) is 0 Å². The Morgan fingerprint density at radius 2 is 0.804 bits per heavy atom. The summed E-state index contributed by atoms with van der Waals surface area (Å²) >= 11 is 0. The van der Waals surface area contributed by atoms with Crippen molar-refractivity contribution in [2.75, 3.05) is 13.2 Å². The zero-order valence-electron chi connectivity index (χ0n) is 34.4. The van der Waals surface area contributed by atoms with Gasteiger partial charge in [-0.05, 0) is 25.7 Å². The highest BCUT2D eigenvalue weighted by molar-refractivity contribution is 5.76. The Balaban J connectivity index is 3.49. The van der Waals surface area contributed by atoms with E-state index in [1.54, 1.807) is 0 Å². The average Bonchev–Trinajstić information content (AvgIpc) is 3.13. The van der Waals surface area contributed by atoms with Crippen LogP contribution in [-0.4, -0.2) is 47.4 Å². The van der Waals surface area contributed by atoms with Crippen LogP contribution in [0.1, 0.15) is 251 Å². The monoisotopic (exact) mass is 724 g/mol. The maximum absolute atomic E-state index is 12.4. The first kappa shape index (κ1) is 49.9. The van der Waals surface area contributed by atoms with Gasteiger partial charge >= 0.3 is 5.97 Å². The third-order valence-corrected chi connectivity index (χ3v) is 10.7. The fourth-order valence-electron chi connectivity index (χ4n) is 7.11. The van der Waals surface area contributed by atoms with Crippen molar-refractivity contribution in [3.05, 3.63) is 0 Å². The number of nitrogens with one attached hydrogen (secondary N) is 1. The van der Waals surface area contributed by atoms with Gasteiger partial charge in [-0.1, -0.05) is 213 Å². The summed E-state index contributed by atoms with van der Waals surface area (Å²) in [5.74, 6) is -0.0860. The molecule has 1 amide bonds. The maximum Gasteiger partial charge on any atom is 0.305 e. The summed E-state index contributed by atoms with van der Waals surface area (Å²) in [6.07, 6.45) is 43.4. The molecule has 0 aromatic rings. The number of aliphatic hydroxyl groups is 2. The minimum atomic E-state index is -0.678. The number of rotatable bonds is 42. The van der Waals surface area contributed by atoms with Gasteiger partial charge in [-0.2, -0.15) is 0 Å². The van der Waals surface area contributed by atoms with Crippen LogP contribution in [0, 0.1) is 0 Å². The summed E-state index contributed by atoms with van der Waals surface area (Å²) in [5, 5.41) is 23.1. The van der Waals surface area contributed by atoms with Crippen molar-refractivity contribution in [2.24, 2.45) is 0 Å². The second-order valence-electron chi connectivity index (χ2n) is 15.7. The predicted octanol–water partition coefficient (Wildman–Crippen LogP) is 12.8. The minimum Gasteiger partial charge on any atom is -0.466 e. The molecule has 0 rings (SSSR count). The summed E-state index contributed by atoms with van der Waals surface area (Å²) in [6, 6.07) is -0.558. The van der Waals surface area contributed by atoms with Crippen molar-refractivity contribution in [3.63, 3.8) is 0 Å². The van der Waals surface area contributed by atoms with Crippen molar-refractivity contribution < 1.29 is 24.5 Å². The molecule has 6 heteroatoms. The molecule has 0 aliphatic carbocycles. The molecule has 6 nitrogen and oxygen atoms in total. The number of carbonyl (C=O) groups excluding carboxylic acids is 2. The van der Waals surface area contributed by atoms with E-state index in [1.165, 1.54) is 161 Å². The second-order valence-corrected chi connectivity index (χ2v) is 15.7. The highest BCUT2D eigenvalue weighted by Crippen LogP contribution is 2.16. The third kappa shape index (κ3) is 38.4. The maximum atomic E-state index is 12.4. The number of ether oxygens (including phenoxy) is 1. The summed E-state index contributed by atoms with van der Waals surface area (Å²) in [5.41, 5.74) is 0. The molecule has 304 valence electrons. The Bertz CT molecular complexity index is 717. The lowest BCUT2D eigenvalue weighted by Gasteiger charge is -2.22. The number of hydrogen-bond donors (Lipinski definition) is 3. The molecular weight excluding hydrogens is 634 g/mol. The summed E-state index contributed by atoms with van der Waals surface area (Å²) in [6.45, 7) is 4.88. The number of esters is 1. The van der Waals surface area contributed by atoms with Crippen LogP contribution >= 0.6 is 0 Å². The molecule has 0 aliphatic rings. The molecule has 0 saturated heterocycles. The van der Waals surface area contributed by atoms with Gasteiger partial charge in [0.1, 0.15) is 0 Å². The molecule has 51 heavy (non-hydrogen) atoms. The zero-order valence-corrected chi connectivity index (χ0v) is 34.4. The van der Waals surface area contributed by atoms with Gasteiger partial charge in [-0.3, -0.25) is 9.59 Å². The third-order valence-electron chi connectivity index (χ3n) is 10.7. The molecule has 0 bridgehead atoms. The number of aliphatic hydroxyl groups excluding tert-OH is 2. The van der Waals surface area contributed by atoms with Crippen LogP contribution < -0.4 is 5.32 Å². The number of hydrogen-bond acceptors (Lipinski definition) is 5. The van der Waals surface area contributed by atoms with Gasteiger partial charge in [-0.15, -0.1) is 0 Å². The quantitative estimate of drug-likeness (QED) is 0.0430. The van der Waals surface area contributed by atoms with Crippen LogP contribution in [0.2, 0.25) is 0 Å². The van der Waals surface area contributed by atoms with Crippen molar-refractivity contribution >= 4 is 11.9 Å². The van der Waals surface area contributed by atoms with E-state index in [2.05, 4.69) is 19.2 Å². The Morgan fingerprint density at radius 3 is 1.20 bits per heavy atom. The van der Waals surface area contributed by atoms with Gasteiger partial charge in [0.25, 0.3) is 0 Å². The standard InChI is InChI=1S/C45H89NO5/c1-3-5-7-9-11-13-15-17-18-21-25-29-33-37-43(48)42(41-47)46-44(49)38-34-30-26-22-20-24-28-32-36-40-51-45(50)39-35-31-27-23-19-16-14-12-10-8-6-4-2/h42-43,47-48H,3-41H2,1-2H3,(H,46,49). The molecule has 2 unspecified atom stereocenters. The van der Waals surface area contributed by atoms with E-state index in [4.69, 9.17) is 4.74 Å². The minimum absolute atomic E-state index is 0.0242. The van der Waals surface area contributed by atoms with E-state index in [0.29, 0.717) is 25.9 Å². The topological polar surface area (TPSA) is 95.9 Å². The Morgan fingerprint density at radius 1 is 0.471 bits per heavy atom. The van der Waals surface area contributed by atoms with E-state index < -0.39 is 12.1 Å². The summed E-state index contributed by atoms with van der Waals surface area (Å²) < 4.78 is 5.43. The van der Waals surface area contributed by atoms with Crippen LogP contribution in [0.25, 0.3) is 0 Å². The van der Waals surface area contributed by atoms with Crippen LogP contribution in [0.3, 0.4) is 0 Å². The van der Waals surface area contributed by atoms with E-state index >= 15 is 0 Å². The smallest absolute Gasteiger partial charge is 0.305 e. The number of unbranched alkanes of at least 4 members (excludes halogenated alkanes) is 31. The lowest BCUT2D eigenvalue weighted by Crippen LogP contribution is -2.45. The number of carbonyl (C=O) groups is 2. The SMILES string of the molecule is CCCCCCCCCCCCCCCC(O)C(CO)NC(=O)CCCCCCCCCCCOC(=O)CCCCCCCCCCCCCC. The fourth-order valence-corrected chi connectivity index (χ4v) is 7.11. The lowest BCUT2D eigenvalue weighted by molar-refractivity contribution is -0.143. The molecule has 0 aliphatic heterocycles. The van der Waals surface area contributed by atoms with Crippen molar-refractivity contribution in [1.82, 2.24) is 5.32 Å². The Hall–Kier alpha value is -1.14. The van der Waals surface area contributed by atoms with Gasteiger partial charge in [0.05, 0.1) is 25.4 Å². The van der Waals surface area contributed by atoms with E-state index in [-0.39, 0.29) is 18.5 Å². The van der Waals surface area contributed by atoms with Crippen LogP contribution in [0.4, 0.5) is 0 Å². The molecule has 0 spiro atoms. The normalized spacial score (nSPS) is 12.6. The predicted molar refractivity (Wildman–Crippen MR) is 218 cm³/mol. The first-order valence-electron chi connectivity index (χ1n) is 22.8. The molecule has 3 N–H and O–H groups in total. The fraction of sp³-hybridized carbons (Fsp3) is 0.956. The molecule has 0 aromatic heterocycles. The van der Waals surface area contributed by atoms with Gasteiger partial charge in [-0.25, -0.2) is 0 Å². The van der Waals surface area contributed by atoms with Gasteiger partial charge < -0.3 is 20.3 Å². The van der Waals surface area contributed by atoms with Crippen molar-refractivity contribution in [2.45, 2.75) is 264 Å². The first-order valence-corrected chi connectivity index (χ1v) is 22.8. The molecule has 0 heterocycles. The van der Waals surface area contributed by atoms with Gasteiger partial charge in [0, 0.05) is 12.8 Å². The second kappa shape index (κ2) is 41.6. The Labute approximate surface area is 317 Å². The average molecular weight is 724 g/mol.